The van der Waals surface area contributed by atoms with Crippen LogP contribution in [0.15, 0.2) is 17.8 Å². The zero-order valence-corrected chi connectivity index (χ0v) is 11.3. The van der Waals surface area contributed by atoms with E-state index in [0.29, 0.717) is 12.0 Å². The topological polar surface area (TPSA) is 49.8 Å². The number of hydrogen-bond donors (Lipinski definition) is 2. The van der Waals surface area contributed by atoms with Gasteiger partial charge < -0.3 is 10.6 Å². The minimum Gasteiger partial charge on any atom is -0.366 e. The number of fused-ring (bicyclic) bond motifs is 1. The first kappa shape index (κ1) is 11.9. The van der Waals surface area contributed by atoms with Gasteiger partial charge in [-0.2, -0.15) is 0 Å². The van der Waals surface area contributed by atoms with Crippen molar-refractivity contribution in [1.29, 1.82) is 0 Å². The third-order valence-corrected chi connectivity index (χ3v) is 4.56. The van der Waals surface area contributed by atoms with E-state index in [9.17, 15) is 0 Å². The molecule has 3 heterocycles. The lowest BCUT2D eigenvalue weighted by Gasteiger charge is -2.29. The van der Waals surface area contributed by atoms with Gasteiger partial charge in [0.25, 0.3) is 0 Å². The highest BCUT2D eigenvalue weighted by atomic mass is 32.1. The van der Waals surface area contributed by atoms with E-state index >= 15 is 0 Å². The van der Waals surface area contributed by atoms with Crippen LogP contribution >= 0.6 is 11.3 Å². The minimum absolute atomic E-state index is 0.443. The number of thiophene rings is 1. The van der Waals surface area contributed by atoms with E-state index in [-0.39, 0.29) is 0 Å². The maximum absolute atomic E-state index is 4.38. The second-order valence-electron chi connectivity index (χ2n) is 4.90. The molecule has 0 spiro atoms. The molecular formula is C13H18N4S. The van der Waals surface area contributed by atoms with Gasteiger partial charge in [-0.25, -0.2) is 9.97 Å². The molecule has 0 aliphatic carbocycles. The van der Waals surface area contributed by atoms with Crippen LogP contribution in [0.2, 0.25) is 0 Å². The molecule has 0 amide bonds. The van der Waals surface area contributed by atoms with Crippen molar-refractivity contribution < 1.29 is 0 Å². The first-order valence-electron chi connectivity index (χ1n) is 6.50. The molecule has 1 aliphatic heterocycles. The molecule has 0 saturated carbocycles. The highest BCUT2D eigenvalue weighted by molar-refractivity contribution is 7.17. The summed E-state index contributed by atoms with van der Waals surface area (Å²) in [5.74, 6) is 1.66. The van der Waals surface area contributed by atoms with Gasteiger partial charge in [0.15, 0.2) is 0 Å². The van der Waals surface area contributed by atoms with Crippen molar-refractivity contribution in [1.82, 2.24) is 15.3 Å². The average Bonchev–Trinajstić information content (AvgIpc) is 2.89. The molecule has 3 rings (SSSR count). The van der Waals surface area contributed by atoms with E-state index in [4.69, 9.17) is 0 Å². The largest absolute Gasteiger partial charge is 0.366 e. The smallest absolute Gasteiger partial charge is 0.147 e. The summed E-state index contributed by atoms with van der Waals surface area (Å²) in [4.78, 5) is 8.65. The first-order chi connectivity index (χ1) is 8.84. The summed E-state index contributed by atoms with van der Waals surface area (Å²) in [6, 6.07) is 2.48. The van der Waals surface area contributed by atoms with Crippen LogP contribution in [0.5, 0.6) is 0 Å². The van der Waals surface area contributed by atoms with Crippen molar-refractivity contribution in [3.05, 3.63) is 17.8 Å². The van der Waals surface area contributed by atoms with Gasteiger partial charge in [0.2, 0.25) is 0 Å². The van der Waals surface area contributed by atoms with E-state index in [1.165, 1.54) is 12.8 Å². The van der Waals surface area contributed by atoms with Crippen LogP contribution in [0.1, 0.15) is 19.8 Å². The molecule has 1 aliphatic rings. The van der Waals surface area contributed by atoms with Crippen molar-refractivity contribution in [2.45, 2.75) is 25.8 Å². The van der Waals surface area contributed by atoms with Crippen LogP contribution in [-0.4, -0.2) is 29.1 Å². The van der Waals surface area contributed by atoms with Crippen LogP contribution in [-0.2, 0) is 0 Å². The number of nitrogens with one attached hydrogen (secondary N) is 2. The second kappa shape index (κ2) is 5.20. The molecule has 2 N–H and O–H groups in total. The van der Waals surface area contributed by atoms with Crippen LogP contribution < -0.4 is 10.6 Å². The molecule has 5 heteroatoms. The normalized spacial score (nSPS) is 21.9. The maximum Gasteiger partial charge on any atom is 0.147 e. The lowest BCUT2D eigenvalue weighted by atomic mass is 9.93. The van der Waals surface area contributed by atoms with E-state index in [1.807, 2.05) is 6.07 Å². The molecule has 2 atom stereocenters. The highest BCUT2D eigenvalue weighted by Crippen LogP contribution is 2.26. The summed E-state index contributed by atoms with van der Waals surface area (Å²) in [5.41, 5.74) is 1.03. The number of nitrogens with zero attached hydrogens (tertiary/aromatic N) is 2. The molecule has 1 fully saturated rings. The fraction of sp³-hybridized carbons (Fsp3) is 0.538. The molecular weight excluding hydrogens is 244 g/mol. The van der Waals surface area contributed by atoms with Crippen molar-refractivity contribution >= 4 is 27.4 Å². The van der Waals surface area contributed by atoms with E-state index in [2.05, 4.69) is 32.9 Å². The Balaban J connectivity index is 1.77. The van der Waals surface area contributed by atoms with Gasteiger partial charge in [-0.15, -0.1) is 11.3 Å². The number of anilines is 1. The highest BCUT2D eigenvalue weighted by Gasteiger charge is 2.20. The van der Waals surface area contributed by atoms with E-state index in [1.54, 1.807) is 17.7 Å². The Hall–Kier alpha value is -1.20. The summed E-state index contributed by atoms with van der Waals surface area (Å²) in [7, 11) is 0. The van der Waals surface area contributed by atoms with Crippen molar-refractivity contribution in [2.24, 2.45) is 5.92 Å². The Bertz CT molecular complexity index is 518. The Morgan fingerprint density at radius 3 is 3.28 bits per heavy atom. The van der Waals surface area contributed by atoms with Crippen LogP contribution in [0.3, 0.4) is 0 Å². The average molecular weight is 262 g/mol. The monoisotopic (exact) mass is 262 g/mol. The number of rotatable bonds is 3. The predicted molar refractivity (Wildman–Crippen MR) is 76.1 cm³/mol. The van der Waals surface area contributed by atoms with E-state index in [0.717, 1.165) is 29.1 Å². The Morgan fingerprint density at radius 2 is 2.44 bits per heavy atom. The third-order valence-electron chi connectivity index (χ3n) is 3.65. The predicted octanol–water partition coefficient (Wildman–Crippen LogP) is 2.49. The number of hydrogen-bond acceptors (Lipinski definition) is 5. The third kappa shape index (κ3) is 2.33. The SMILES string of the molecule is CC(Nc1ncnc2ccsc12)C1CCCNC1. The number of piperidine rings is 1. The van der Waals surface area contributed by atoms with Gasteiger partial charge in [-0.05, 0) is 50.2 Å². The van der Waals surface area contributed by atoms with Crippen LogP contribution in [0.25, 0.3) is 10.2 Å². The zero-order valence-electron chi connectivity index (χ0n) is 10.5. The molecule has 2 aromatic rings. The van der Waals surface area contributed by atoms with Gasteiger partial charge in [-0.1, -0.05) is 0 Å². The lowest BCUT2D eigenvalue weighted by molar-refractivity contribution is 0.347. The summed E-state index contributed by atoms with van der Waals surface area (Å²) >= 11 is 1.70. The van der Waals surface area contributed by atoms with Crippen molar-refractivity contribution in [3.63, 3.8) is 0 Å². The van der Waals surface area contributed by atoms with Gasteiger partial charge in [0.05, 0.1) is 10.2 Å². The Morgan fingerprint density at radius 1 is 1.50 bits per heavy atom. The molecule has 0 aromatic carbocycles. The molecule has 2 aromatic heterocycles. The Kier molecular flexibility index (Phi) is 3.43. The molecule has 2 unspecified atom stereocenters. The first-order valence-corrected chi connectivity index (χ1v) is 7.38. The summed E-state index contributed by atoms with van der Waals surface area (Å²) in [5, 5.41) is 9.09. The van der Waals surface area contributed by atoms with Gasteiger partial charge in [0, 0.05) is 6.04 Å². The summed E-state index contributed by atoms with van der Waals surface area (Å²) in [6.07, 6.45) is 4.21. The quantitative estimate of drug-likeness (QED) is 0.892. The zero-order chi connectivity index (χ0) is 12.4. The molecule has 1 saturated heterocycles. The lowest BCUT2D eigenvalue weighted by Crippen LogP contribution is -2.38. The summed E-state index contributed by atoms with van der Waals surface area (Å²) in [6.45, 7) is 4.51. The maximum atomic E-state index is 4.38. The second-order valence-corrected chi connectivity index (χ2v) is 5.81. The van der Waals surface area contributed by atoms with Crippen LogP contribution in [0.4, 0.5) is 5.82 Å². The summed E-state index contributed by atoms with van der Waals surface area (Å²) < 4.78 is 1.16. The van der Waals surface area contributed by atoms with Gasteiger partial charge >= 0.3 is 0 Å². The number of aromatic nitrogens is 2. The molecule has 4 nitrogen and oxygen atoms in total. The molecule has 0 radical (unpaired) electrons. The standard InChI is InChI=1S/C13H18N4S/c1-9(10-3-2-5-14-7-10)17-13-12-11(4-6-18-12)15-8-16-13/h4,6,8-10,14H,2-3,5,7H2,1H3,(H,15,16,17). The Labute approximate surface area is 111 Å². The minimum atomic E-state index is 0.443. The fourth-order valence-electron chi connectivity index (χ4n) is 2.53. The molecule has 96 valence electrons. The van der Waals surface area contributed by atoms with Crippen LogP contribution in [0, 0.1) is 5.92 Å². The fourth-order valence-corrected chi connectivity index (χ4v) is 3.33. The van der Waals surface area contributed by atoms with Gasteiger partial charge in [0.1, 0.15) is 12.1 Å². The molecule has 0 bridgehead atoms. The van der Waals surface area contributed by atoms with Crippen molar-refractivity contribution in [3.8, 4) is 0 Å². The van der Waals surface area contributed by atoms with Gasteiger partial charge in [-0.3, -0.25) is 0 Å². The van der Waals surface area contributed by atoms with E-state index < -0.39 is 0 Å². The van der Waals surface area contributed by atoms with Crippen molar-refractivity contribution in [2.75, 3.05) is 18.4 Å². The molecule has 18 heavy (non-hydrogen) atoms.